The maximum absolute atomic E-state index is 12.6. The SMILES string of the molecule is O=C(c1cc2cc(OCCNC[C@H](O)COc3ccccc3)ccc2[nH]1)N1CCCC1. The number of hydrogen-bond acceptors (Lipinski definition) is 5. The fourth-order valence-corrected chi connectivity index (χ4v) is 3.68. The third-order valence-corrected chi connectivity index (χ3v) is 5.33. The molecule has 1 amide bonds. The summed E-state index contributed by atoms with van der Waals surface area (Å²) in [5, 5.41) is 14.1. The minimum Gasteiger partial charge on any atom is -0.492 e. The highest BCUT2D eigenvalue weighted by Crippen LogP contribution is 2.23. The number of aromatic nitrogens is 1. The van der Waals surface area contributed by atoms with E-state index in [0.29, 0.717) is 25.4 Å². The molecule has 0 saturated carbocycles. The van der Waals surface area contributed by atoms with E-state index < -0.39 is 6.10 Å². The molecule has 3 N–H and O–H groups in total. The topological polar surface area (TPSA) is 86.8 Å². The van der Waals surface area contributed by atoms with Gasteiger partial charge >= 0.3 is 0 Å². The molecule has 2 aromatic carbocycles. The van der Waals surface area contributed by atoms with E-state index in [9.17, 15) is 9.90 Å². The maximum atomic E-state index is 12.6. The van der Waals surface area contributed by atoms with E-state index >= 15 is 0 Å². The number of para-hydroxylation sites is 1. The fourth-order valence-electron chi connectivity index (χ4n) is 3.68. The average Bonchev–Trinajstić information content (AvgIpc) is 3.47. The first-order valence-corrected chi connectivity index (χ1v) is 10.8. The van der Waals surface area contributed by atoms with Gasteiger partial charge in [0.25, 0.3) is 5.91 Å². The first kappa shape index (κ1) is 21.2. The second-order valence-corrected chi connectivity index (χ2v) is 7.76. The quantitative estimate of drug-likeness (QED) is 0.437. The summed E-state index contributed by atoms with van der Waals surface area (Å²) in [4.78, 5) is 17.7. The Labute approximate surface area is 182 Å². The number of hydrogen-bond donors (Lipinski definition) is 3. The summed E-state index contributed by atoms with van der Waals surface area (Å²) in [5.41, 5.74) is 1.55. The Hall–Kier alpha value is -3.03. The van der Waals surface area contributed by atoms with Crippen molar-refractivity contribution >= 4 is 16.8 Å². The summed E-state index contributed by atoms with van der Waals surface area (Å²) in [6.07, 6.45) is 1.56. The normalized spacial score (nSPS) is 14.7. The molecule has 1 aromatic heterocycles. The van der Waals surface area contributed by atoms with Crippen LogP contribution < -0.4 is 14.8 Å². The van der Waals surface area contributed by atoms with Gasteiger partial charge in [0.1, 0.15) is 36.5 Å². The van der Waals surface area contributed by atoms with E-state index in [2.05, 4.69) is 10.3 Å². The third-order valence-electron chi connectivity index (χ3n) is 5.33. The molecule has 0 radical (unpaired) electrons. The van der Waals surface area contributed by atoms with Gasteiger partial charge in [0, 0.05) is 37.1 Å². The molecule has 1 aliphatic heterocycles. The van der Waals surface area contributed by atoms with Crippen LogP contribution in [0.1, 0.15) is 23.3 Å². The number of benzene rings is 2. The number of aliphatic hydroxyl groups is 1. The van der Waals surface area contributed by atoms with Gasteiger partial charge in [-0.05, 0) is 49.2 Å². The molecule has 31 heavy (non-hydrogen) atoms. The van der Waals surface area contributed by atoms with Crippen LogP contribution in [0.4, 0.5) is 0 Å². The van der Waals surface area contributed by atoms with Crippen molar-refractivity contribution in [3.63, 3.8) is 0 Å². The molecule has 0 unspecified atom stereocenters. The minimum absolute atomic E-state index is 0.0650. The van der Waals surface area contributed by atoms with Crippen LogP contribution in [0, 0.1) is 0 Å². The summed E-state index contributed by atoms with van der Waals surface area (Å²) in [6, 6.07) is 17.1. The van der Waals surface area contributed by atoms with Crippen LogP contribution in [0.25, 0.3) is 10.9 Å². The van der Waals surface area contributed by atoms with Gasteiger partial charge in [-0.1, -0.05) is 18.2 Å². The second-order valence-electron chi connectivity index (χ2n) is 7.76. The lowest BCUT2D eigenvalue weighted by atomic mass is 10.2. The van der Waals surface area contributed by atoms with E-state index in [4.69, 9.17) is 9.47 Å². The Morgan fingerprint density at radius 1 is 1.06 bits per heavy atom. The van der Waals surface area contributed by atoms with Crippen LogP contribution in [0.3, 0.4) is 0 Å². The van der Waals surface area contributed by atoms with Crippen molar-refractivity contribution < 1.29 is 19.4 Å². The van der Waals surface area contributed by atoms with E-state index in [-0.39, 0.29) is 12.5 Å². The summed E-state index contributed by atoms with van der Waals surface area (Å²) in [7, 11) is 0. The predicted octanol–water partition coefficient (Wildman–Crippen LogP) is 2.81. The van der Waals surface area contributed by atoms with E-state index in [1.54, 1.807) is 0 Å². The van der Waals surface area contributed by atoms with Gasteiger partial charge in [0.05, 0.1) is 0 Å². The maximum Gasteiger partial charge on any atom is 0.270 e. The molecule has 1 aliphatic rings. The zero-order valence-electron chi connectivity index (χ0n) is 17.5. The van der Waals surface area contributed by atoms with Gasteiger partial charge in [0.15, 0.2) is 0 Å². The largest absolute Gasteiger partial charge is 0.492 e. The molecule has 7 heteroatoms. The Kier molecular flexibility index (Phi) is 7.07. The van der Waals surface area contributed by atoms with Crippen molar-refractivity contribution in [1.29, 1.82) is 0 Å². The van der Waals surface area contributed by atoms with Crippen molar-refractivity contribution in [2.24, 2.45) is 0 Å². The van der Waals surface area contributed by atoms with Crippen LogP contribution in [-0.2, 0) is 0 Å². The van der Waals surface area contributed by atoms with Crippen LogP contribution in [0.2, 0.25) is 0 Å². The van der Waals surface area contributed by atoms with E-state index in [1.807, 2.05) is 59.5 Å². The Balaban J connectivity index is 1.19. The third kappa shape index (κ3) is 5.77. The molecule has 2 heterocycles. The number of nitrogens with one attached hydrogen (secondary N) is 2. The van der Waals surface area contributed by atoms with Crippen LogP contribution >= 0.6 is 0 Å². The first-order chi connectivity index (χ1) is 15.2. The van der Waals surface area contributed by atoms with E-state index in [1.165, 1.54) is 0 Å². The molecule has 4 rings (SSSR count). The molecule has 0 aliphatic carbocycles. The zero-order chi connectivity index (χ0) is 21.5. The molecular weight excluding hydrogens is 394 g/mol. The molecule has 164 valence electrons. The molecule has 3 aromatic rings. The number of carbonyl (C=O) groups is 1. The predicted molar refractivity (Wildman–Crippen MR) is 120 cm³/mol. The van der Waals surface area contributed by atoms with Crippen molar-refractivity contribution in [2.75, 3.05) is 39.4 Å². The molecule has 1 atom stereocenters. The zero-order valence-corrected chi connectivity index (χ0v) is 17.5. The molecule has 1 saturated heterocycles. The number of amides is 1. The highest BCUT2D eigenvalue weighted by Gasteiger charge is 2.21. The molecule has 7 nitrogen and oxygen atoms in total. The number of rotatable bonds is 10. The van der Waals surface area contributed by atoms with Gasteiger partial charge in [-0.2, -0.15) is 0 Å². The standard InChI is InChI=1S/C24H29N3O4/c28-19(17-31-20-6-2-1-3-7-20)16-25-10-13-30-21-8-9-22-18(14-21)15-23(26-22)24(29)27-11-4-5-12-27/h1-3,6-9,14-15,19,25-26,28H,4-5,10-13,16-17H2/t19-/m0/s1. The fraction of sp³-hybridized carbons (Fsp3) is 0.375. The number of nitrogens with zero attached hydrogens (tertiary/aromatic N) is 1. The second kappa shape index (κ2) is 10.3. The highest BCUT2D eigenvalue weighted by atomic mass is 16.5. The van der Waals surface area contributed by atoms with Gasteiger partial charge in [-0.3, -0.25) is 4.79 Å². The van der Waals surface area contributed by atoms with Crippen LogP contribution in [0.15, 0.2) is 54.6 Å². The number of likely N-dealkylation sites (tertiary alicyclic amines) is 1. The van der Waals surface area contributed by atoms with Gasteiger partial charge in [-0.15, -0.1) is 0 Å². The summed E-state index contributed by atoms with van der Waals surface area (Å²) in [6.45, 7) is 3.41. The van der Waals surface area contributed by atoms with E-state index in [0.717, 1.165) is 48.3 Å². The lowest BCUT2D eigenvalue weighted by molar-refractivity contribution is 0.0788. The van der Waals surface area contributed by atoms with Gasteiger partial charge in [0.2, 0.25) is 0 Å². The van der Waals surface area contributed by atoms with Crippen molar-refractivity contribution in [1.82, 2.24) is 15.2 Å². The van der Waals surface area contributed by atoms with Crippen LogP contribution in [0.5, 0.6) is 11.5 Å². The smallest absolute Gasteiger partial charge is 0.270 e. The van der Waals surface area contributed by atoms with Crippen molar-refractivity contribution in [3.05, 3.63) is 60.3 Å². The Morgan fingerprint density at radius 2 is 1.87 bits per heavy atom. The number of H-pyrrole nitrogens is 1. The lowest BCUT2D eigenvalue weighted by Gasteiger charge is -2.13. The molecule has 0 spiro atoms. The molecule has 1 fully saturated rings. The molecular formula is C24H29N3O4. The monoisotopic (exact) mass is 423 g/mol. The number of aliphatic hydroxyl groups excluding tert-OH is 1. The number of fused-ring (bicyclic) bond motifs is 1. The summed E-state index contributed by atoms with van der Waals surface area (Å²) >= 11 is 0. The summed E-state index contributed by atoms with van der Waals surface area (Å²) in [5.74, 6) is 1.56. The van der Waals surface area contributed by atoms with Crippen molar-refractivity contribution in [3.8, 4) is 11.5 Å². The van der Waals surface area contributed by atoms with Gasteiger partial charge < -0.3 is 29.8 Å². The van der Waals surface area contributed by atoms with Crippen molar-refractivity contribution in [2.45, 2.75) is 18.9 Å². The number of ether oxygens (including phenoxy) is 2. The number of carbonyl (C=O) groups excluding carboxylic acids is 1. The average molecular weight is 424 g/mol. The molecule has 0 bridgehead atoms. The first-order valence-electron chi connectivity index (χ1n) is 10.8. The highest BCUT2D eigenvalue weighted by molar-refractivity contribution is 5.98. The Bertz CT molecular complexity index is 983. The Morgan fingerprint density at radius 3 is 2.68 bits per heavy atom. The number of aromatic amines is 1. The van der Waals surface area contributed by atoms with Gasteiger partial charge in [-0.25, -0.2) is 0 Å². The summed E-state index contributed by atoms with van der Waals surface area (Å²) < 4.78 is 11.3. The van der Waals surface area contributed by atoms with Crippen LogP contribution in [-0.4, -0.2) is 66.4 Å². The minimum atomic E-state index is -0.594. The lowest BCUT2D eigenvalue weighted by Crippen LogP contribution is -2.33.